The lowest BCUT2D eigenvalue weighted by Gasteiger charge is -2.41. The summed E-state index contributed by atoms with van der Waals surface area (Å²) in [6.07, 6.45) is 2.88. The number of hydrogen-bond donors (Lipinski definition) is 7. The fourth-order valence-electron chi connectivity index (χ4n) is 11.4. The van der Waals surface area contributed by atoms with Crippen LogP contribution in [0.5, 0.6) is 0 Å². The van der Waals surface area contributed by atoms with Crippen molar-refractivity contribution in [3.8, 4) is 0 Å². The maximum absolute atomic E-state index is 15.3. The molecule has 92 heavy (non-hydrogen) atoms. The summed E-state index contributed by atoms with van der Waals surface area (Å²) in [5.41, 5.74) is 4.26. The molecule has 0 saturated carbocycles. The fraction of sp³-hybridized carbons (Fsp3) is 0.803. The molecule has 0 spiro atoms. The van der Waals surface area contributed by atoms with Crippen molar-refractivity contribution in [2.75, 3.05) is 67.4 Å². The molecule has 0 aromatic carbocycles. The number of carbonyl (C=O) groups excluding carboxylic acids is 11. The topological polar surface area (TPSA) is 325 Å². The van der Waals surface area contributed by atoms with E-state index in [4.69, 9.17) is 5.73 Å². The minimum Gasteiger partial charge on any atom is -0.390 e. The minimum absolute atomic E-state index is 0.0112. The molecule has 1 heterocycles. The van der Waals surface area contributed by atoms with Crippen LogP contribution in [0, 0.1) is 35.5 Å². The van der Waals surface area contributed by atoms with Crippen LogP contribution in [0.2, 0.25) is 0 Å². The van der Waals surface area contributed by atoms with Gasteiger partial charge in [0.25, 0.3) is 0 Å². The molecule has 0 radical (unpaired) electrons. The van der Waals surface area contributed by atoms with E-state index in [0.717, 1.165) is 9.80 Å². The maximum atomic E-state index is 15.3. The third-order valence-electron chi connectivity index (χ3n) is 17.1. The highest BCUT2D eigenvalue weighted by Gasteiger charge is 2.47. The number of aliphatic hydroxyl groups excluding tert-OH is 1. The van der Waals surface area contributed by atoms with Crippen LogP contribution in [-0.4, -0.2) is 255 Å². The molecule has 0 aromatic heterocycles. The second-order valence-electron chi connectivity index (χ2n) is 27.9. The predicted molar refractivity (Wildman–Crippen MR) is 360 cm³/mol. The van der Waals surface area contributed by atoms with E-state index in [9.17, 15) is 34.2 Å². The van der Waals surface area contributed by atoms with E-state index >= 15 is 28.8 Å². The quantitative estimate of drug-likeness (QED) is 0.0681. The van der Waals surface area contributed by atoms with Crippen LogP contribution in [0.4, 0.5) is 0 Å². The minimum atomic E-state index is -1.66. The van der Waals surface area contributed by atoms with E-state index < -0.39 is 161 Å². The second kappa shape index (κ2) is 38.5. The first-order valence-electron chi connectivity index (χ1n) is 32.8. The monoisotopic (exact) mass is 1320 g/mol. The molecular formula is C66H120N12O13S. The fourth-order valence-corrected chi connectivity index (χ4v) is 12.5. The number of hydrogen-bond acceptors (Lipinski definition) is 15. The lowest BCUT2D eigenvalue weighted by atomic mass is 9.91. The number of nitrogens with one attached hydrogen (secondary N) is 4. The summed E-state index contributed by atoms with van der Waals surface area (Å²) in [4.78, 5) is 172. The lowest BCUT2D eigenvalue weighted by Crippen LogP contribution is -2.64. The van der Waals surface area contributed by atoms with Gasteiger partial charge in [0.2, 0.25) is 65.0 Å². The van der Waals surface area contributed by atoms with Crippen LogP contribution in [-0.2, 0) is 52.7 Å². The van der Waals surface area contributed by atoms with Crippen molar-refractivity contribution < 1.29 is 63.0 Å². The molecule has 26 heteroatoms. The average molecular weight is 1320 g/mol. The van der Waals surface area contributed by atoms with Gasteiger partial charge in [-0.1, -0.05) is 95.2 Å². The van der Waals surface area contributed by atoms with Crippen molar-refractivity contribution in [1.82, 2.24) is 55.6 Å². The molecule has 13 atom stereocenters. The Balaban J connectivity index is 4.55. The third kappa shape index (κ3) is 24.2. The Labute approximate surface area is 554 Å². The smallest absolute Gasteiger partial charge is 0.246 e. The molecule has 1 rings (SSSR count). The molecule has 0 bridgehead atoms. The van der Waals surface area contributed by atoms with Crippen LogP contribution in [0.1, 0.15) is 163 Å². The van der Waals surface area contributed by atoms with Crippen LogP contribution in [0.3, 0.4) is 0 Å². The van der Waals surface area contributed by atoms with E-state index in [2.05, 4.69) is 21.3 Å². The molecule has 11 amide bonds. The third-order valence-corrected chi connectivity index (χ3v) is 18.3. The van der Waals surface area contributed by atoms with Crippen molar-refractivity contribution in [2.24, 2.45) is 41.2 Å². The van der Waals surface area contributed by atoms with Gasteiger partial charge in [0.1, 0.15) is 66.5 Å². The van der Waals surface area contributed by atoms with Gasteiger partial charge < -0.3 is 71.5 Å². The van der Waals surface area contributed by atoms with Crippen molar-refractivity contribution >= 4 is 76.7 Å². The van der Waals surface area contributed by atoms with Gasteiger partial charge in [0.05, 0.1) is 11.7 Å². The van der Waals surface area contributed by atoms with Crippen molar-refractivity contribution in [3.05, 3.63) is 12.2 Å². The first-order chi connectivity index (χ1) is 42.5. The van der Waals surface area contributed by atoms with Gasteiger partial charge in [-0.15, -0.1) is 0 Å². The van der Waals surface area contributed by atoms with Gasteiger partial charge in [-0.05, 0) is 121 Å². The molecule has 1 aliphatic heterocycles. The molecule has 0 aromatic rings. The van der Waals surface area contributed by atoms with Crippen LogP contribution < -0.4 is 27.0 Å². The Kier molecular flexibility index (Phi) is 35.2. The van der Waals surface area contributed by atoms with E-state index in [-0.39, 0.29) is 62.0 Å². The summed E-state index contributed by atoms with van der Waals surface area (Å²) in [7, 11) is 9.80. The normalized spacial score (nSPS) is 26.7. The summed E-state index contributed by atoms with van der Waals surface area (Å²) in [6, 6.07) is -14.4. The molecule has 0 aliphatic carbocycles. The molecule has 1 fully saturated rings. The van der Waals surface area contributed by atoms with Crippen LogP contribution in [0.15, 0.2) is 12.2 Å². The van der Waals surface area contributed by atoms with Crippen molar-refractivity contribution in [3.63, 3.8) is 0 Å². The van der Waals surface area contributed by atoms with E-state index in [1.807, 2.05) is 41.5 Å². The lowest BCUT2D eigenvalue weighted by molar-refractivity contribution is -0.157. The Bertz CT molecular complexity index is 2510. The average Bonchev–Trinajstić information content (AvgIpc) is 0.865. The molecule has 8 N–H and O–H groups in total. The van der Waals surface area contributed by atoms with E-state index in [0.29, 0.717) is 18.7 Å². The number of nitrogens with zero attached hydrogens (tertiary/aromatic N) is 7. The number of aliphatic hydroxyl groups is 2. The zero-order chi connectivity index (χ0) is 71.3. The van der Waals surface area contributed by atoms with Gasteiger partial charge >= 0.3 is 0 Å². The molecule has 25 nitrogen and oxygen atoms in total. The largest absolute Gasteiger partial charge is 0.390 e. The number of allylic oxidation sites excluding steroid dienone is 2. The number of amides is 11. The summed E-state index contributed by atoms with van der Waals surface area (Å²) < 4.78 is 0. The van der Waals surface area contributed by atoms with Gasteiger partial charge in [-0.3, -0.25) is 52.7 Å². The number of nitrogens with two attached hydrogens (primary N) is 1. The van der Waals surface area contributed by atoms with Gasteiger partial charge in [0.15, 0.2) is 0 Å². The maximum Gasteiger partial charge on any atom is 0.246 e. The Morgan fingerprint density at radius 3 is 1.42 bits per heavy atom. The number of likely N-dealkylation sites (N-methyl/N-ethyl adjacent to an activating group) is 7. The second-order valence-corrected chi connectivity index (χ2v) is 29.1. The molecule has 1 saturated heterocycles. The van der Waals surface area contributed by atoms with Crippen molar-refractivity contribution in [2.45, 2.75) is 241 Å². The standard InChI is InChI=1S/C66H120N12O13S/c1-25-27-29-42(13)54(79)53-58(83)70-45(26-2)60(85)76(22)50(36-92-31-28-30-67)63(88)75(21)49(35-66(16,17)91)57(82)71-51(40(9)10)64(89)72(18)46(32-37(3)4)56(81)68-43(14)55(80)69-44(15)59(84)73(19)47(33-38(5)6)61(86)74(20)48(34-39(7)8)62(87)77(23)52(41(11)12)65(90)78(53)24/h25,27,37-54,79,91H,26,28-36,67H2,1-24H3,(H,68,81)(H,69,80)(H,70,83)(H,71,82)/b27-25+/t42-,43+,44-,45+,46+,47+,48+,49+,50-,51+,52+,53+,54-/m1/s1. The van der Waals surface area contributed by atoms with Gasteiger partial charge in [-0.25, -0.2) is 0 Å². The zero-order valence-corrected chi connectivity index (χ0v) is 60.9. The van der Waals surface area contributed by atoms with Gasteiger partial charge in [0, 0.05) is 61.5 Å². The molecule has 0 unspecified atom stereocenters. The molecular weight excluding hydrogens is 1200 g/mol. The van der Waals surface area contributed by atoms with Crippen LogP contribution >= 0.6 is 11.8 Å². The Hall–Kier alpha value is -5.86. The van der Waals surface area contributed by atoms with E-state index in [1.54, 1.807) is 60.6 Å². The number of carbonyl (C=O) groups is 11. The summed E-state index contributed by atoms with van der Waals surface area (Å²) in [5.74, 6) is -9.90. The first-order valence-corrected chi connectivity index (χ1v) is 34.0. The number of thioether (sulfide) groups is 1. The molecule has 1 aliphatic rings. The predicted octanol–water partition coefficient (Wildman–Crippen LogP) is 2.83. The highest BCUT2D eigenvalue weighted by Crippen LogP contribution is 2.27. The number of rotatable bonds is 20. The summed E-state index contributed by atoms with van der Waals surface area (Å²) >= 11 is 1.32. The van der Waals surface area contributed by atoms with E-state index in [1.165, 1.54) is 113 Å². The first kappa shape index (κ1) is 84.2. The summed E-state index contributed by atoms with van der Waals surface area (Å²) in [5, 5.41) is 34.6. The Morgan fingerprint density at radius 2 is 0.957 bits per heavy atom. The zero-order valence-electron chi connectivity index (χ0n) is 60.1. The SMILES string of the molecule is C/C=C/C[C@@H](C)[C@@H](O)[C@H]1C(=O)N[C@@H](CC)C(=O)N(C)[C@H](CSCCCN)C(=O)N(C)[C@@H](CC(C)(C)O)C(=O)N[C@@H](C(C)C)C(=O)N(C)[C@@H](CC(C)C)C(=O)N[C@@H](C)C(=O)N[C@H](C)C(=O)N(C)[C@@H](CC(C)C)C(=O)N(C)[C@@H](CC(C)C)C(=O)N(C)[C@@H](C(C)C)C(=O)N1C. The highest BCUT2D eigenvalue weighted by molar-refractivity contribution is 7.99. The van der Waals surface area contributed by atoms with Crippen LogP contribution in [0.25, 0.3) is 0 Å². The highest BCUT2D eigenvalue weighted by atomic mass is 32.2. The molecule has 528 valence electrons. The van der Waals surface area contributed by atoms with Gasteiger partial charge in [-0.2, -0.15) is 11.8 Å². The van der Waals surface area contributed by atoms with Crippen molar-refractivity contribution in [1.29, 1.82) is 0 Å². The summed E-state index contributed by atoms with van der Waals surface area (Å²) in [6.45, 7) is 29.2. The Morgan fingerprint density at radius 1 is 0.522 bits per heavy atom.